The van der Waals surface area contributed by atoms with E-state index in [2.05, 4.69) is 18.7 Å². The van der Waals surface area contributed by atoms with Crippen LogP contribution in [0, 0.1) is 5.82 Å². The maximum absolute atomic E-state index is 15.2. The Kier molecular flexibility index (Phi) is 5.04. The van der Waals surface area contributed by atoms with Gasteiger partial charge in [0, 0.05) is 10.9 Å². The average molecular weight is 498 g/mol. The number of benzene rings is 2. The molecule has 0 aliphatic rings. The zero-order valence-electron chi connectivity index (χ0n) is 14.6. The molecule has 0 unspecified atom stereocenters. The maximum atomic E-state index is 15.2. The smallest absolute Gasteiger partial charge is 0.272 e. The molecule has 4 rings (SSSR count). The van der Waals surface area contributed by atoms with Crippen molar-refractivity contribution in [2.24, 2.45) is 0 Å². The molecular weight excluding hydrogens is 482 g/mol. The van der Waals surface area contributed by atoms with Crippen LogP contribution in [0.4, 0.5) is 9.52 Å². The van der Waals surface area contributed by atoms with Gasteiger partial charge in [-0.25, -0.2) is 12.4 Å². The molecule has 27 heavy (non-hydrogen) atoms. The molecule has 2 aromatic heterocycles. The Morgan fingerprint density at radius 1 is 1.37 bits per heavy atom. The number of aromatic nitrogens is 3. The first-order chi connectivity index (χ1) is 13.2. The topological polar surface area (TPSA) is 79.9 Å². The highest BCUT2D eigenvalue weighted by Gasteiger charge is 2.22. The molecule has 0 aliphatic carbocycles. The van der Waals surface area contributed by atoms with Crippen molar-refractivity contribution in [3.8, 4) is 16.9 Å². The number of ether oxygens (including phenoxy) is 1. The van der Waals surface area contributed by atoms with E-state index in [1.54, 1.807) is 6.20 Å². The van der Waals surface area contributed by atoms with Gasteiger partial charge in [-0.05, 0) is 36.6 Å². The van der Waals surface area contributed by atoms with Crippen LogP contribution in [0.3, 0.4) is 0 Å². The number of aromatic amines is 1. The van der Waals surface area contributed by atoms with E-state index < -0.39 is 21.5 Å². The van der Waals surface area contributed by atoms with E-state index in [1.165, 1.54) is 11.3 Å². The SMILES string of the molecule is CCOc1c(F)c(CC)c(-c2ccc3nc(NI=O)sc3c2)c2cn[nH]c12. The summed E-state index contributed by atoms with van der Waals surface area (Å²) < 4.78 is 35.4. The third-order valence-electron chi connectivity index (χ3n) is 4.34. The second-order valence-corrected chi connectivity index (χ2v) is 7.83. The molecule has 0 radical (unpaired) electrons. The summed E-state index contributed by atoms with van der Waals surface area (Å²) in [5, 5.41) is 8.44. The molecule has 0 bridgehead atoms. The fourth-order valence-corrected chi connectivity index (χ4v) is 4.91. The van der Waals surface area contributed by atoms with Crippen LogP contribution in [0.5, 0.6) is 5.75 Å². The van der Waals surface area contributed by atoms with Gasteiger partial charge in [-0.1, -0.05) is 24.3 Å². The van der Waals surface area contributed by atoms with Crippen LogP contribution >= 0.6 is 32.8 Å². The van der Waals surface area contributed by atoms with Crippen molar-refractivity contribution in [2.75, 3.05) is 10.1 Å². The van der Waals surface area contributed by atoms with Crippen molar-refractivity contribution < 1.29 is 12.2 Å². The molecule has 9 heteroatoms. The third-order valence-corrected chi connectivity index (χ3v) is 6.37. The van der Waals surface area contributed by atoms with Gasteiger partial charge in [0.15, 0.2) is 16.7 Å². The summed E-state index contributed by atoms with van der Waals surface area (Å²) in [5.74, 6) is -0.135. The van der Waals surface area contributed by atoms with Crippen LogP contribution in [-0.4, -0.2) is 21.8 Å². The Morgan fingerprint density at radius 2 is 2.22 bits per heavy atom. The van der Waals surface area contributed by atoms with Crippen molar-refractivity contribution in [3.05, 3.63) is 35.8 Å². The van der Waals surface area contributed by atoms with E-state index in [0.717, 1.165) is 26.7 Å². The zero-order chi connectivity index (χ0) is 19.0. The Hall–Kier alpha value is -2.14. The van der Waals surface area contributed by atoms with E-state index in [-0.39, 0.29) is 11.6 Å². The van der Waals surface area contributed by atoms with Crippen molar-refractivity contribution in [1.29, 1.82) is 0 Å². The van der Waals surface area contributed by atoms with Gasteiger partial charge in [0.1, 0.15) is 5.52 Å². The Balaban J connectivity index is 1.98. The minimum atomic E-state index is -1.33. The lowest BCUT2D eigenvalue weighted by Gasteiger charge is -2.15. The van der Waals surface area contributed by atoms with Crippen LogP contribution in [0.25, 0.3) is 32.2 Å². The van der Waals surface area contributed by atoms with Gasteiger partial charge in [-0.2, -0.15) is 5.10 Å². The molecule has 6 nitrogen and oxygen atoms in total. The highest BCUT2D eigenvalue weighted by molar-refractivity contribution is 14.1. The zero-order valence-corrected chi connectivity index (χ0v) is 17.6. The molecular formula is C18H16FIN4O2S. The molecule has 0 fully saturated rings. The van der Waals surface area contributed by atoms with E-state index >= 15 is 4.39 Å². The highest BCUT2D eigenvalue weighted by Crippen LogP contribution is 2.41. The monoisotopic (exact) mass is 498 g/mol. The summed E-state index contributed by atoms with van der Waals surface area (Å²) in [4.78, 5) is 4.41. The predicted molar refractivity (Wildman–Crippen MR) is 114 cm³/mol. The predicted octanol–water partition coefficient (Wildman–Crippen LogP) is 5.58. The fraction of sp³-hybridized carbons (Fsp3) is 0.222. The summed E-state index contributed by atoms with van der Waals surface area (Å²) in [6.45, 7) is 4.13. The number of rotatable bonds is 6. The highest BCUT2D eigenvalue weighted by atomic mass is 127. The van der Waals surface area contributed by atoms with Gasteiger partial charge in [-0.3, -0.25) is 8.63 Å². The van der Waals surface area contributed by atoms with Crippen molar-refractivity contribution in [3.63, 3.8) is 0 Å². The number of nitrogens with zero attached hydrogens (tertiary/aromatic N) is 2. The Labute approximate surface area is 169 Å². The molecule has 2 heterocycles. The molecule has 0 amide bonds. The number of hydrogen-bond donors (Lipinski definition) is 2. The van der Waals surface area contributed by atoms with Crippen molar-refractivity contribution >= 4 is 59.1 Å². The molecule has 0 saturated heterocycles. The summed E-state index contributed by atoms with van der Waals surface area (Å²) in [6.07, 6.45) is 2.23. The second kappa shape index (κ2) is 7.47. The van der Waals surface area contributed by atoms with Gasteiger partial charge in [-0.15, -0.1) is 0 Å². The quantitative estimate of drug-likeness (QED) is 0.268. The van der Waals surface area contributed by atoms with Crippen molar-refractivity contribution in [1.82, 2.24) is 15.2 Å². The molecule has 140 valence electrons. The second-order valence-electron chi connectivity index (χ2n) is 5.82. The number of fused-ring (bicyclic) bond motifs is 2. The fourth-order valence-electron chi connectivity index (χ4n) is 3.26. The van der Waals surface area contributed by atoms with Crippen molar-refractivity contribution in [2.45, 2.75) is 20.3 Å². The Morgan fingerprint density at radius 3 is 2.96 bits per heavy atom. The van der Waals surface area contributed by atoms with E-state index in [4.69, 9.17) is 4.74 Å². The van der Waals surface area contributed by atoms with Crippen LogP contribution in [-0.2, 0) is 9.49 Å². The maximum Gasteiger partial charge on any atom is 0.272 e. The van der Waals surface area contributed by atoms with Crippen LogP contribution in [0.1, 0.15) is 19.4 Å². The van der Waals surface area contributed by atoms with Crippen LogP contribution < -0.4 is 8.27 Å². The van der Waals surface area contributed by atoms with E-state index in [9.17, 15) is 3.07 Å². The first kappa shape index (κ1) is 18.2. The number of anilines is 1. The normalized spacial score (nSPS) is 11.4. The number of halogens is 2. The van der Waals surface area contributed by atoms with Gasteiger partial charge in [0.2, 0.25) is 0 Å². The summed E-state index contributed by atoms with van der Waals surface area (Å²) in [5.41, 5.74) is 3.67. The molecule has 4 aromatic rings. The largest absolute Gasteiger partial charge is 0.489 e. The van der Waals surface area contributed by atoms with Crippen LogP contribution in [0.2, 0.25) is 0 Å². The molecule has 2 N–H and O–H groups in total. The minimum absolute atomic E-state index is 0.218. The van der Waals surface area contributed by atoms with Gasteiger partial charge >= 0.3 is 0 Å². The van der Waals surface area contributed by atoms with E-state index in [0.29, 0.717) is 29.2 Å². The number of nitrogens with one attached hydrogen (secondary N) is 2. The van der Waals surface area contributed by atoms with E-state index in [1.807, 2.05) is 32.0 Å². The van der Waals surface area contributed by atoms with Gasteiger partial charge in [0.05, 0.1) is 23.0 Å². The third kappa shape index (κ3) is 3.08. The first-order valence-electron chi connectivity index (χ1n) is 8.41. The Bertz CT molecular complexity index is 1160. The lowest BCUT2D eigenvalue weighted by molar-refractivity contribution is 0.324. The molecule has 0 aliphatic heterocycles. The number of hydrogen-bond acceptors (Lipinski definition) is 5. The average Bonchev–Trinajstić information content (AvgIpc) is 3.29. The molecule has 0 spiro atoms. The van der Waals surface area contributed by atoms with Gasteiger partial charge in [0.25, 0.3) is 21.5 Å². The standard InChI is InChI=1S/C18H16FIN4O2S/c1-3-10-14(11-8-21-24-16(11)17(15(10)19)26-4-2)9-5-6-12-13(7-9)27-18(22-12)23-20-25/h5-8H,3-4H2,1-2H3,(H,21,24)(H,22,23,25). The summed E-state index contributed by atoms with van der Waals surface area (Å²) in [7, 11) is 0. The summed E-state index contributed by atoms with van der Waals surface area (Å²) in [6, 6.07) is 5.82. The molecule has 2 aromatic carbocycles. The molecule has 0 atom stereocenters. The minimum Gasteiger partial charge on any atom is -0.489 e. The first-order valence-corrected chi connectivity index (χ1v) is 11.2. The summed E-state index contributed by atoms with van der Waals surface area (Å²) >= 11 is 0.103. The number of H-pyrrole nitrogens is 1. The van der Waals surface area contributed by atoms with Crippen LogP contribution in [0.15, 0.2) is 24.4 Å². The molecule has 0 saturated carbocycles. The lowest BCUT2D eigenvalue weighted by Crippen LogP contribution is -2.02. The lowest BCUT2D eigenvalue weighted by atomic mass is 9.93. The number of thiazole rings is 1. The van der Waals surface area contributed by atoms with Gasteiger partial charge < -0.3 is 4.74 Å².